The smallest absolute Gasteiger partial charge is 0.169 e. The molecule has 0 fully saturated rings. The van der Waals surface area contributed by atoms with Crippen molar-refractivity contribution in [2.45, 2.75) is 152 Å². The van der Waals surface area contributed by atoms with Crippen LogP contribution < -0.4 is 5.14 Å². The predicted octanol–water partition coefficient (Wildman–Crippen LogP) is 7.99. The number of hydrogen-bond acceptors (Lipinski definition) is 7. The van der Waals surface area contributed by atoms with Crippen LogP contribution in [-0.2, 0) is 43.7 Å². The molecule has 2 aromatic rings. The van der Waals surface area contributed by atoms with E-state index in [1.165, 1.54) is 38.1 Å². The molecular formula is C37H68F4N2O7S2Ti. The van der Waals surface area contributed by atoms with E-state index in [0.717, 1.165) is 12.1 Å². The van der Waals surface area contributed by atoms with Crippen molar-refractivity contribution in [1.29, 1.82) is 0 Å². The monoisotopic (exact) mass is 840 g/mol. The maximum atomic E-state index is 13.4. The van der Waals surface area contributed by atoms with E-state index in [4.69, 9.17) is 25.6 Å². The van der Waals surface area contributed by atoms with Crippen molar-refractivity contribution in [3.05, 3.63) is 70.8 Å². The van der Waals surface area contributed by atoms with Crippen LogP contribution in [0.4, 0.5) is 17.6 Å². The number of halogens is 4. The first-order valence-electron chi connectivity index (χ1n) is 16.0. The van der Waals surface area contributed by atoms with Gasteiger partial charge in [0.15, 0.2) is 29.1 Å². The summed E-state index contributed by atoms with van der Waals surface area (Å²) in [6.45, 7) is 27.3. The first-order valence-corrected chi connectivity index (χ1v) is 18.3. The van der Waals surface area contributed by atoms with Gasteiger partial charge in [-0.2, -0.15) is 4.40 Å². The molecule has 53 heavy (non-hydrogen) atoms. The molecule has 2 atom stereocenters. The molecule has 0 unspecified atom stereocenters. The number of ketones is 1. The summed E-state index contributed by atoms with van der Waals surface area (Å²) in [5.41, 5.74) is 0.0721. The van der Waals surface area contributed by atoms with Gasteiger partial charge in [0, 0.05) is 51.7 Å². The van der Waals surface area contributed by atoms with Gasteiger partial charge in [-0.3, -0.25) is 9.93 Å². The Balaban J connectivity index is -0.000000102. The minimum atomic E-state index is -1.48. The fraction of sp³-hybridized carbons (Fsp3) is 0.622. The van der Waals surface area contributed by atoms with Gasteiger partial charge < -0.3 is 20.4 Å². The van der Waals surface area contributed by atoms with Gasteiger partial charge in [-0.05, 0) is 135 Å². The Labute approximate surface area is 337 Å². The second-order valence-corrected chi connectivity index (χ2v) is 17.3. The quantitative estimate of drug-likeness (QED) is 0.0903. The van der Waals surface area contributed by atoms with Gasteiger partial charge in [0.05, 0.1) is 31.8 Å². The molecule has 0 saturated carbocycles. The van der Waals surface area contributed by atoms with Crippen molar-refractivity contribution in [2.75, 3.05) is 0 Å². The third kappa shape index (κ3) is 46.4. The van der Waals surface area contributed by atoms with Crippen molar-refractivity contribution in [1.82, 2.24) is 0 Å². The molecule has 0 aliphatic carbocycles. The van der Waals surface area contributed by atoms with Crippen LogP contribution in [0.1, 0.15) is 134 Å². The van der Waals surface area contributed by atoms with E-state index in [-0.39, 0.29) is 75.1 Å². The Morgan fingerprint density at radius 1 is 0.642 bits per heavy atom. The predicted molar refractivity (Wildman–Crippen MR) is 211 cm³/mol. The second kappa shape index (κ2) is 34.8. The zero-order valence-electron chi connectivity index (χ0n) is 33.6. The number of nitrogens with two attached hydrogens (primary N) is 1. The average Bonchev–Trinajstić information content (AvgIpc) is 2.90. The Morgan fingerprint density at radius 3 is 1.09 bits per heavy atom. The number of Topliss-reactive ketones (excluding diaryl/α,β-unsaturated/α-hetero) is 1. The summed E-state index contributed by atoms with van der Waals surface area (Å²) in [6.07, 6.45) is -0.667. The Bertz CT molecular complexity index is 1280. The summed E-state index contributed by atoms with van der Waals surface area (Å²) in [4.78, 5) is 10.6. The zero-order valence-corrected chi connectivity index (χ0v) is 36.8. The van der Waals surface area contributed by atoms with E-state index in [0.29, 0.717) is 0 Å². The maximum absolute atomic E-state index is 13.4. The molecule has 0 amide bonds. The van der Waals surface area contributed by atoms with Crippen molar-refractivity contribution in [3.8, 4) is 0 Å². The fourth-order valence-electron chi connectivity index (χ4n) is 1.87. The fourth-order valence-corrected chi connectivity index (χ4v) is 2.49. The Hall–Kier alpha value is -1.69. The minimum absolute atomic E-state index is 0. The molecule has 0 radical (unpaired) electrons. The van der Waals surface area contributed by atoms with E-state index < -0.39 is 55.8 Å². The molecule has 2 aromatic carbocycles. The summed E-state index contributed by atoms with van der Waals surface area (Å²) < 4.78 is 76.8. The Kier molecular flexibility index (Phi) is 43.4. The van der Waals surface area contributed by atoms with Crippen molar-refractivity contribution in [3.63, 3.8) is 0 Å². The van der Waals surface area contributed by atoms with Crippen LogP contribution in [0, 0.1) is 23.3 Å². The minimum Gasteiger partial charge on any atom is -0.394 e. The SMILES string of the molecule is C.CC(=N[S@](=O)C(C)(C)C)c1cccc(F)c1F.CC(=O)c1cccc(F)c1F.CC(C)(C)[S@](N)=O.CC(C)O.CC(C)O.CC(C)O.CC(C)O.[Ti]. The summed E-state index contributed by atoms with van der Waals surface area (Å²) >= 11 is 0. The number of rotatable bonds is 3. The molecular weight excluding hydrogens is 772 g/mol. The van der Waals surface area contributed by atoms with Crippen LogP contribution in [0.3, 0.4) is 0 Å². The van der Waals surface area contributed by atoms with Gasteiger partial charge in [0.25, 0.3) is 0 Å². The van der Waals surface area contributed by atoms with E-state index in [1.807, 2.05) is 20.8 Å². The van der Waals surface area contributed by atoms with Crippen LogP contribution >= 0.6 is 0 Å². The first kappa shape index (κ1) is 66.2. The van der Waals surface area contributed by atoms with Gasteiger partial charge >= 0.3 is 0 Å². The number of hydrogen-bond donors (Lipinski definition) is 5. The van der Waals surface area contributed by atoms with Gasteiger partial charge in [-0.15, -0.1) is 0 Å². The molecule has 0 heterocycles. The van der Waals surface area contributed by atoms with Gasteiger partial charge in [-0.1, -0.05) is 19.6 Å². The topological polar surface area (TPSA) is 171 Å². The standard InChI is InChI=1S/C12H15F2NOS.C8H6F2O.C4H11NOS.4C3H8O.CH4.Ti/c1-8(15-17(16)12(2,3)4)9-6-5-7-10(13)11(9)14;1-5(11)6-3-2-4-7(9)8(6)10;1-4(2,3)7(5)6;4*1-3(2)4;;/h5-7H,1-4H3;2-4H,1H3;5H2,1-3H3;4*3-4H,1-2H3;1H4;/t17-;;7-;;;;;;/m1.1....../s1. The van der Waals surface area contributed by atoms with Crippen molar-refractivity contribution >= 4 is 33.5 Å². The third-order valence-electron chi connectivity index (χ3n) is 4.02. The number of carbonyl (C=O) groups is 1. The van der Waals surface area contributed by atoms with E-state index >= 15 is 0 Å². The van der Waals surface area contributed by atoms with Crippen molar-refractivity contribution < 1.29 is 72.9 Å². The summed E-state index contributed by atoms with van der Waals surface area (Å²) in [7, 11) is -2.67. The molecule has 9 nitrogen and oxygen atoms in total. The number of aliphatic hydroxyl groups is 4. The van der Waals surface area contributed by atoms with Crippen LogP contribution in [-0.4, -0.2) is 74.2 Å². The molecule has 0 spiro atoms. The van der Waals surface area contributed by atoms with Gasteiger partial charge in [-0.25, -0.2) is 26.0 Å². The summed E-state index contributed by atoms with van der Waals surface area (Å²) in [5, 5.41) is 37.3. The normalized spacial score (nSPS) is 11.7. The molecule has 0 saturated heterocycles. The Morgan fingerprint density at radius 2 is 0.887 bits per heavy atom. The molecule has 16 heteroatoms. The molecule has 0 bridgehead atoms. The van der Waals surface area contributed by atoms with E-state index in [9.17, 15) is 30.8 Å². The molecule has 6 N–H and O–H groups in total. The van der Waals surface area contributed by atoms with E-state index in [2.05, 4.69) is 4.40 Å². The van der Waals surface area contributed by atoms with Crippen LogP contribution in [0.25, 0.3) is 0 Å². The number of nitrogens with zero attached hydrogens (tertiary/aromatic N) is 1. The number of carbonyl (C=O) groups excluding carboxylic acids is 1. The number of benzene rings is 2. The first-order chi connectivity index (χ1) is 22.7. The average molecular weight is 841 g/mol. The van der Waals surface area contributed by atoms with E-state index in [1.54, 1.807) is 76.2 Å². The molecule has 312 valence electrons. The van der Waals surface area contributed by atoms with Gasteiger partial charge in [0.1, 0.15) is 11.0 Å². The largest absolute Gasteiger partial charge is 0.394 e. The van der Waals surface area contributed by atoms with Crippen LogP contribution in [0.2, 0.25) is 0 Å². The molecule has 0 aliphatic rings. The van der Waals surface area contributed by atoms with Crippen LogP contribution in [0.15, 0.2) is 40.8 Å². The van der Waals surface area contributed by atoms with Crippen molar-refractivity contribution in [2.24, 2.45) is 9.54 Å². The molecule has 0 aliphatic heterocycles. The summed E-state index contributed by atoms with van der Waals surface area (Å²) in [5.74, 6) is -4.42. The van der Waals surface area contributed by atoms with Crippen LogP contribution in [0.5, 0.6) is 0 Å². The molecule has 2 rings (SSSR count). The summed E-state index contributed by atoms with van der Waals surface area (Å²) in [6, 6.07) is 7.37. The molecule has 0 aromatic heterocycles. The zero-order chi connectivity index (χ0) is 42.0. The number of aliphatic hydroxyl groups excluding tert-OH is 4. The third-order valence-corrected chi connectivity index (χ3v) is 6.71. The maximum Gasteiger partial charge on any atom is 0.169 e. The van der Waals surface area contributed by atoms with Gasteiger partial charge in [0.2, 0.25) is 0 Å². The second-order valence-electron chi connectivity index (χ2n) is 13.6.